The monoisotopic (exact) mass is 445 g/mol. The summed E-state index contributed by atoms with van der Waals surface area (Å²) < 4.78 is 1.52. The SMILES string of the molecule is O=C(Nc1ccccc1N1CCc2sccc2C1)c1ccn(-c2ccc([N+](=O)[O-])cc2)n1. The van der Waals surface area contributed by atoms with Crippen molar-refractivity contribution in [3.8, 4) is 5.69 Å². The molecular formula is C23H19N5O3S. The number of aromatic nitrogens is 2. The molecule has 1 amide bonds. The average Bonchev–Trinajstić information content (AvgIpc) is 3.49. The van der Waals surface area contributed by atoms with Crippen LogP contribution in [0.1, 0.15) is 20.9 Å². The number of rotatable bonds is 5. The van der Waals surface area contributed by atoms with Crippen molar-refractivity contribution in [1.82, 2.24) is 9.78 Å². The third-order valence-corrected chi connectivity index (χ3v) is 6.47. The van der Waals surface area contributed by atoms with Crippen molar-refractivity contribution >= 4 is 34.3 Å². The van der Waals surface area contributed by atoms with Gasteiger partial charge in [-0.3, -0.25) is 14.9 Å². The van der Waals surface area contributed by atoms with Gasteiger partial charge in [-0.15, -0.1) is 11.3 Å². The van der Waals surface area contributed by atoms with Crippen LogP contribution in [0, 0.1) is 10.1 Å². The minimum atomic E-state index is -0.454. The summed E-state index contributed by atoms with van der Waals surface area (Å²) in [6.07, 6.45) is 2.65. The fourth-order valence-electron chi connectivity index (χ4n) is 3.81. The molecule has 0 bridgehead atoms. The highest BCUT2D eigenvalue weighted by molar-refractivity contribution is 7.10. The van der Waals surface area contributed by atoms with E-state index >= 15 is 0 Å². The van der Waals surface area contributed by atoms with Crippen LogP contribution in [0.15, 0.2) is 72.2 Å². The summed E-state index contributed by atoms with van der Waals surface area (Å²) in [6.45, 7) is 1.72. The van der Waals surface area contributed by atoms with E-state index in [4.69, 9.17) is 0 Å². The first-order valence-electron chi connectivity index (χ1n) is 10.1. The lowest BCUT2D eigenvalue weighted by molar-refractivity contribution is -0.384. The van der Waals surface area contributed by atoms with Gasteiger partial charge in [-0.25, -0.2) is 4.68 Å². The molecule has 3 heterocycles. The van der Waals surface area contributed by atoms with Gasteiger partial charge in [-0.2, -0.15) is 5.10 Å². The van der Waals surface area contributed by atoms with E-state index in [9.17, 15) is 14.9 Å². The van der Waals surface area contributed by atoms with Crippen LogP contribution in [0.4, 0.5) is 17.1 Å². The van der Waals surface area contributed by atoms with Gasteiger partial charge in [0, 0.05) is 36.3 Å². The summed E-state index contributed by atoms with van der Waals surface area (Å²) in [7, 11) is 0. The molecule has 1 N–H and O–H groups in total. The van der Waals surface area contributed by atoms with E-state index in [1.165, 1.54) is 27.3 Å². The first-order chi connectivity index (χ1) is 15.6. The summed E-state index contributed by atoms with van der Waals surface area (Å²) >= 11 is 1.80. The second-order valence-corrected chi connectivity index (χ2v) is 8.43. The van der Waals surface area contributed by atoms with E-state index in [2.05, 4.69) is 26.8 Å². The molecule has 4 aromatic rings. The Morgan fingerprint density at radius 2 is 1.91 bits per heavy atom. The number of carbonyl (C=O) groups is 1. The van der Waals surface area contributed by atoms with Gasteiger partial charge in [0.25, 0.3) is 11.6 Å². The number of hydrogen-bond acceptors (Lipinski definition) is 6. The van der Waals surface area contributed by atoms with Gasteiger partial charge in [-0.1, -0.05) is 12.1 Å². The molecule has 2 aromatic carbocycles. The predicted octanol–water partition coefficient (Wildman–Crippen LogP) is 4.66. The molecule has 8 nitrogen and oxygen atoms in total. The molecule has 1 aliphatic heterocycles. The molecule has 0 atom stereocenters. The molecule has 1 aliphatic rings. The lowest BCUT2D eigenvalue weighted by Crippen LogP contribution is -2.30. The number of amides is 1. The van der Waals surface area contributed by atoms with Gasteiger partial charge in [0.05, 0.1) is 22.0 Å². The highest BCUT2D eigenvalue weighted by Gasteiger charge is 2.21. The van der Waals surface area contributed by atoms with Gasteiger partial charge in [0.2, 0.25) is 0 Å². The van der Waals surface area contributed by atoms with E-state index < -0.39 is 4.92 Å². The third kappa shape index (κ3) is 3.85. The van der Waals surface area contributed by atoms with Crippen LogP contribution >= 0.6 is 11.3 Å². The molecule has 0 aliphatic carbocycles. The Morgan fingerprint density at radius 3 is 2.72 bits per heavy atom. The number of benzene rings is 2. The zero-order chi connectivity index (χ0) is 22.1. The number of para-hydroxylation sites is 2. The molecule has 0 spiro atoms. The molecule has 0 radical (unpaired) electrons. The topological polar surface area (TPSA) is 93.3 Å². The molecule has 0 unspecified atom stereocenters. The van der Waals surface area contributed by atoms with Crippen LogP contribution in [0.2, 0.25) is 0 Å². The number of anilines is 2. The zero-order valence-electron chi connectivity index (χ0n) is 17.0. The maximum absolute atomic E-state index is 12.9. The number of nitro groups is 1. The van der Waals surface area contributed by atoms with Crippen LogP contribution in [0.5, 0.6) is 0 Å². The minimum Gasteiger partial charge on any atom is -0.365 e. The first-order valence-corrected chi connectivity index (χ1v) is 11.0. The number of nitro benzene ring substituents is 1. The molecule has 160 valence electrons. The second-order valence-electron chi connectivity index (χ2n) is 7.43. The summed E-state index contributed by atoms with van der Waals surface area (Å²) in [4.78, 5) is 27.0. The van der Waals surface area contributed by atoms with Crippen LogP contribution < -0.4 is 10.2 Å². The number of nitrogens with zero attached hydrogens (tertiary/aromatic N) is 4. The van der Waals surface area contributed by atoms with Crippen LogP contribution in [0.25, 0.3) is 5.69 Å². The largest absolute Gasteiger partial charge is 0.365 e. The van der Waals surface area contributed by atoms with Crippen molar-refractivity contribution in [2.75, 3.05) is 16.8 Å². The molecule has 2 aromatic heterocycles. The van der Waals surface area contributed by atoms with Crippen LogP contribution in [-0.2, 0) is 13.0 Å². The highest BCUT2D eigenvalue weighted by atomic mass is 32.1. The summed E-state index contributed by atoms with van der Waals surface area (Å²) in [6, 6.07) is 17.6. The first kappa shape index (κ1) is 20.0. The third-order valence-electron chi connectivity index (χ3n) is 5.45. The Kier molecular flexibility index (Phi) is 5.16. The number of fused-ring (bicyclic) bond motifs is 1. The normalized spacial score (nSPS) is 12.9. The fraction of sp³-hybridized carbons (Fsp3) is 0.130. The Hall–Kier alpha value is -3.98. The molecule has 32 heavy (non-hydrogen) atoms. The van der Waals surface area contributed by atoms with Crippen molar-refractivity contribution in [3.63, 3.8) is 0 Å². The smallest absolute Gasteiger partial charge is 0.276 e. The molecule has 0 saturated carbocycles. The Morgan fingerprint density at radius 1 is 1.09 bits per heavy atom. The summed E-state index contributed by atoms with van der Waals surface area (Å²) in [5.41, 5.74) is 3.95. The van der Waals surface area contributed by atoms with E-state index in [1.54, 1.807) is 35.7 Å². The van der Waals surface area contributed by atoms with Gasteiger partial charge in [-0.05, 0) is 53.8 Å². The number of non-ortho nitro benzene ring substituents is 1. The second kappa shape index (κ2) is 8.27. The zero-order valence-corrected chi connectivity index (χ0v) is 17.8. The van der Waals surface area contributed by atoms with E-state index in [1.807, 2.05) is 24.3 Å². The molecule has 0 fully saturated rings. The van der Waals surface area contributed by atoms with E-state index in [0.29, 0.717) is 5.69 Å². The number of hydrogen-bond donors (Lipinski definition) is 1. The Bertz CT molecular complexity index is 1290. The minimum absolute atomic E-state index is 0.00256. The molecule has 0 saturated heterocycles. The predicted molar refractivity (Wildman–Crippen MR) is 124 cm³/mol. The van der Waals surface area contributed by atoms with Gasteiger partial charge in [0.1, 0.15) is 0 Å². The van der Waals surface area contributed by atoms with Gasteiger partial charge in [0.15, 0.2) is 5.69 Å². The highest BCUT2D eigenvalue weighted by Crippen LogP contribution is 2.32. The maximum atomic E-state index is 12.9. The lowest BCUT2D eigenvalue weighted by atomic mass is 10.1. The Balaban J connectivity index is 1.34. The summed E-state index contributed by atoms with van der Waals surface area (Å²) in [5.74, 6) is -0.314. The van der Waals surface area contributed by atoms with Crippen LogP contribution in [0.3, 0.4) is 0 Å². The quantitative estimate of drug-likeness (QED) is 0.356. The van der Waals surface area contributed by atoms with Crippen LogP contribution in [-0.4, -0.2) is 27.2 Å². The molecule has 9 heteroatoms. The fourth-order valence-corrected chi connectivity index (χ4v) is 4.70. The van der Waals surface area contributed by atoms with E-state index in [-0.39, 0.29) is 17.3 Å². The van der Waals surface area contributed by atoms with Crippen molar-refractivity contribution in [2.24, 2.45) is 0 Å². The number of thiophene rings is 1. The lowest BCUT2D eigenvalue weighted by Gasteiger charge is -2.30. The van der Waals surface area contributed by atoms with Crippen molar-refractivity contribution in [2.45, 2.75) is 13.0 Å². The Labute approximate surface area is 187 Å². The van der Waals surface area contributed by atoms with E-state index in [0.717, 1.165) is 30.9 Å². The van der Waals surface area contributed by atoms with Gasteiger partial charge >= 0.3 is 0 Å². The van der Waals surface area contributed by atoms with Crippen molar-refractivity contribution in [1.29, 1.82) is 0 Å². The number of carbonyl (C=O) groups excluding carboxylic acids is 1. The number of nitrogens with one attached hydrogen (secondary N) is 1. The standard InChI is InChI=1S/C23H19N5O3S/c29-23(20-9-13-27(25-20)17-5-7-18(8-6-17)28(30)31)24-19-3-1-2-4-21(19)26-12-10-22-16(15-26)11-14-32-22/h1-9,11,13-14H,10,12,15H2,(H,24,29). The van der Waals surface area contributed by atoms with Crippen molar-refractivity contribution in [3.05, 3.63) is 98.5 Å². The maximum Gasteiger partial charge on any atom is 0.276 e. The molecular weight excluding hydrogens is 426 g/mol. The summed E-state index contributed by atoms with van der Waals surface area (Å²) in [5, 5.41) is 20.3. The van der Waals surface area contributed by atoms with Gasteiger partial charge < -0.3 is 10.2 Å². The average molecular weight is 446 g/mol. The van der Waals surface area contributed by atoms with Crippen molar-refractivity contribution < 1.29 is 9.72 Å². The molecule has 5 rings (SSSR count).